The highest BCUT2D eigenvalue weighted by Gasteiger charge is 2.29. The highest BCUT2D eigenvalue weighted by Crippen LogP contribution is 2.22. The molecular formula is C20H30ClN5O4S2. The van der Waals surface area contributed by atoms with E-state index >= 15 is 0 Å². The molecule has 0 bridgehead atoms. The van der Waals surface area contributed by atoms with Gasteiger partial charge in [-0.25, -0.2) is 8.42 Å². The van der Waals surface area contributed by atoms with Crippen LogP contribution >= 0.6 is 23.7 Å². The minimum atomic E-state index is -3.40. The summed E-state index contributed by atoms with van der Waals surface area (Å²) < 4.78 is 32.5. The summed E-state index contributed by atoms with van der Waals surface area (Å²) in [5.41, 5.74) is 0. The van der Waals surface area contributed by atoms with E-state index in [9.17, 15) is 13.2 Å². The molecule has 32 heavy (non-hydrogen) atoms. The van der Waals surface area contributed by atoms with Gasteiger partial charge in [-0.05, 0) is 24.3 Å². The fraction of sp³-hybridized carbons (Fsp3) is 0.650. The van der Waals surface area contributed by atoms with Crippen LogP contribution in [-0.2, 0) is 27.8 Å². The lowest BCUT2D eigenvalue weighted by Gasteiger charge is -2.32. The Morgan fingerprint density at radius 3 is 2.44 bits per heavy atom. The van der Waals surface area contributed by atoms with Crippen LogP contribution in [0.1, 0.15) is 43.8 Å². The van der Waals surface area contributed by atoms with Gasteiger partial charge in [0, 0.05) is 52.1 Å². The van der Waals surface area contributed by atoms with Gasteiger partial charge in [-0.2, -0.15) is 9.29 Å². The molecule has 4 rings (SSSR count). The highest BCUT2D eigenvalue weighted by molar-refractivity contribution is 7.91. The monoisotopic (exact) mass is 503 g/mol. The number of halogens is 1. The van der Waals surface area contributed by atoms with Crippen LogP contribution in [-0.4, -0.2) is 77.8 Å². The number of carbonyl (C=O) groups is 1. The van der Waals surface area contributed by atoms with Crippen molar-refractivity contribution >= 4 is 39.7 Å². The number of carbonyl (C=O) groups excluding carboxylic acids is 1. The molecule has 0 saturated carbocycles. The van der Waals surface area contributed by atoms with Gasteiger partial charge in [-0.3, -0.25) is 9.69 Å². The molecule has 2 aromatic rings. The third kappa shape index (κ3) is 6.28. The number of likely N-dealkylation sites (tertiary alicyclic amines) is 1. The summed E-state index contributed by atoms with van der Waals surface area (Å²) in [5, 5.41) is 5.82. The SMILES string of the molecule is Cl.O=C(CCc1nc(CN2CCN(S(=O)(=O)c3cccs3)CC2)no1)N1CCCCCC1. The molecule has 2 saturated heterocycles. The first-order chi connectivity index (χ1) is 15.0. The molecule has 9 nitrogen and oxygen atoms in total. The molecule has 4 heterocycles. The number of rotatable bonds is 7. The summed E-state index contributed by atoms with van der Waals surface area (Å²) in [4.78, 5) is 20.9. The third-order valence-corrected chi connectivity index (χ3v) is 9.08. The van der Waals surface area contributed by atoms with E-state index in [0.29, 0.717) is 61.5 Å². The molecule has 2 fully saturated rings. The molecule has 0 N–H and O–H groups in total. The summed E-state index contributed by atoms with van der Waals surface area (Å²) >= 11 is 1.24. The molecule has 12 heteroatoms. The Bertz CT molecular complexity index is 951. The van der Waals surface area contributed by atoms with Crippen LogP contribution < -0.4 is 0 Å². The number of piperazine rings is 1. The summed E-state index contributed by atoms with van der Waals surface area (Å²) in [7, 11) is -3.40. The Balaban J connectivity index is 0.00000289. The number of nitrogens with zero attached hydrogens (tertiary/aromatic N) is 5. The van der Waals surface area contributed by atoms with Crippen molar-refractivity contribution in [1.82, 2.24) is 24.2 Å². The molecule has 0 spiro atoms. The van der Waals surface area contributed by atoms with Crippen molar-refractivity contribution in [3.8, 4) is 0 Å². The second kappa shape index (κ2) is 11.6. The smallest absolute Gasteiger partial charge is 0.252 e. The van der Waals surface area contributed by atoms with E-state index in [1.54, 1.807) is 17.5 Å². The lowest BCUT2D eigenvalue weighted by Crippen LogP contribution is -2.48. The van der Waals surface area contributed by atoms with Crippen molar-refractivity contribution in [3.05, 3.63) is 29.2 Å². The largest absolute Gasteiger partial charge is 0.343 e. The molecule has 2 aliphatic rings. The molecule has 1 amide bonds. The van der Waals surface area contributed by atoms with Crippen LogP contribution in [0, 0.1) is 0 Å². The summed E-state index contributed by atoms with van der Waals surface area (Å²) in [6.07, 6.45) is 5.41. The number of hydrogen-bond donors (Lipinski definition) is 0. The molecule has 0 aliphatic carbocycles. The standard InChI is InChI=1S/C20H29N5O4S2.ClH/c26-19(24-9-3-1-2-4-10-24)8-7-18-21-17(22-29-18)16-23-11-13-25(14-12-23)31(27,28)20-6-5-15-30-20;/h5-6,15H,1-4,7-14,16H2;1H. The van der Waals surface area contributed by atoms with Crippen molar-refractivity contribution in [2.24, 2.45) is 0 Å². The summed E-state index contributed by atoms with van der Waals surface area (Å²) in [6.45, 7) is 4.31. The quantitative estimate of drug-likeness (QED) is 0.571. The summed E-state index contributed by atoms with van der Waals surface area (Å²) in [5.74, 6) is 1.22. The van der Waals surface area contributed by atoms with Gasteiger partial charge in [0.15, 0.2) is 5.82 Å². The van der Waals surface area contributed by atoms with Crippen molar-refractivity contribution < 1.29 is 17.7 Å². The first kappa shape index (κ1) is 25.1. The number of amides is 1. The minimum absolute atomic E-state index is 0. The predicted octanol–water partition coefficient (Wildman–Crippen LogP) is 2.39. The molecule has 0 aromatic carbocycles. The second-order valence-electron chi connectivity index (χ2n) is 8.01. The zero-order valence-electron chi connectivity index (χ0n) is 18.0. The number of hydrogen-bond acceptors (Lipinski definition) is 8. The van der Waals surface area contributed by atoms with E-state index in [1.807, 2.05) is 4.90 Å². The Kier molecular flexibility index (Phi) is 9.06. The van der Waals surface area contributed by atoms with Gasteiger partial charge >= 0.3 is 0 Å². The van der Waals surface area contributed by atoms with Crippen LogP contribution in [0.3, 0.4) is 0 Å². The van der Waals surface area contributed by atoms with Gasteiger partial charge < -0.3 is 9.42 Å². The Hall–Kier alpha value is -1.53. The lowest BCUT2D eigenvalue weighted by atomic mass is 10.2. The maximum absolute atomic E-state index is 12.6. The van der Waals surface area contributed by atoms with E-state index in [-0.39, 0.29) is 18.3 Å². The Labute approximate surface area is 199 Å². The average molecular weight is 504 g/mol. The number of aromatic nitrogens is 2. The minimum Gasteiger partial charge on any atom is -0.343 e. The molecule has 0 atom stereocenters. The first-order valence-electron chi connectivity index (χ1n) is 10.9. The average Bonchev–Trinajstić information content (AvgIpc) is 3.39. The van der Waals surface area contributed by atoms with E-state index in [2.05, 4.69) is 15.0 Å². The van der Waals surface area contributed by atoms with E-state index in [0.717, 1.165) is 25.9 Å². The lowest BCUT2D eigenvalue weighted by molar-refractivity contribution is -0.131. The second-order valence-corrected chi connectivity index (χ2v) is 11.1. The van der Waals surface area contributed by atoms with E-state index < -0.39 is 10.0 Å². The predicted molar refractivity (Wildman–Crippen MR) is 123 cm³/mol. The molecule has 2 aliphatic heterocycles. The number of thiophene rings is 1. The van der Waals surface area contributed by atoms with Crippen LogP contribution in [0.2, 0.25) is 0 Å². The third-order valence-electron chi connectivity index (χ3n) is 5.81. The van der Waals surface area contributed by atoms with E-state index in [4.69, 9.17) is 4.52 Å². The maximum Gasteiger partial charge on any atom is 0.252 e. The first-order valence-corrected chi connectivity index (χ1v) is 13.2. The van der Waals surface area contributed by atoms with Crippen LogP contribution in [0.5, 0.6) is 0 Å². The van der Waals surface area contributed by atoms with Gasteiger partial charge in [0.1, 0.15) is 4.21 Å². The number of sulfonamides is 1. The fourth-order valence-corrected chi connectivity index (χ4v) is 6.58. The zero-order chi connectivity index (χ0) is 21.7. The highest BCUT2D eigenvalue weighted by atomic mass is 35.5. The van der Waals surface area contributed by atoms with E-state index in [1.165, 1.54) is 28.5 Å². The van der Waals surface area contributed by atoms with Gasteiger partial charge in [-0.15, -0.1) is 23.7 Å². The molecule has 2 aromatic heterocycles. The van der Waals surface area contributed by atoms with Crippen molar-refractivity contribution in [2.45, 2.75) is 49.3 Å². The number of aryl methyl sites for hydroxylation is 1. The van der Waals surface area contributed by atoms with Crippen LogP contribution in [0.4, 0.5) is 0 Å². The van der Waals surface area contributed by atoms with Crippen molar-refractivity contribution in [2.75, 3.05) is 39.3 Å². The maximum atomic E-state index is 12.6. The summed E-state index contributed by atoms with van der Waals surface area (Å²) in [6, 6.07) is 3.40. The van der Waals surface area contributed by atoms with Gasteiger partial charge in [0.2, 0.25) is 11.8 Å². The van der Waals surface area contributed by atoms with Gasteiger partial charge in [-0.1, -0.05) is 24.1 Å². The molecule has 0 unspecified atom stereocenters. The normalized spacial score (nSPS) is 18.8. The topological polar surface area (TPSA) is 99.9 Å². The van der Waals surface area contributed by atoms with Gasteiger partial charge in [0.05, 0.1) is 6.54 Å². The Morgan fingerprint density at radius 1 is 1.06 bits per heavy atom. The fourth-order valence-electron chi connectivity index (χ4n) is 4.01. The van der Waals surface area contributed by atoms with Crippen LogP contribution in [0.15, 0.2) is 26.2 Å². The molecule has 0 radical (unpaired) electrons. The molecule has 178 valence electrons. The van der Waals surface area contributed by atoms with Crippen molar-refractivity contribution in [3.63, 3.8) is 0 Å². The Morgan fingerprint density at radius 2 is 1.78 bits per heavy atom. The zero-order valence-corrected chi connectivity index (χ0v) is 20.5. The van der Waals surface area contributed by atoms with Crippen LogP contribution in [0.25, 0.3) is 0 Å². The van der Waals surface area contributed by atoms with Crippen molar-refractivity contribution in [1.29, 1.82) is 0 Å². The van der Waals surface area contributed by atoms with Gasteiger partial charge in [0.25, 0.3) is 10.0 Å². The molecular weight excluding hydrogens is 474 g/mol.